The Balaban J connectivity index is 1.64. The number of esters is 1. The van der Waals surface area contributed by atoms with Crippen molar-refractivity contribution in [1.29, 1.82) is 0 Å². The second-order valence-corrected chi connectivity index (χ2v) is 14.1. The number of nitrogens with zero attached hydrogens (tertiary/aromatic N) is 2. The van der Waals surface area contributed by atoms with E-state index in [2.05, 4.69) is 15.3 Å². The number of carbonyl (C=O) groups excluding carboxylic acids is 1. The minimum Gasteiger partial charge on any atom is -0.508 e. The van der Waals surface area contributed by atoms with Crippen LogP contribution in [0.2, 0.25) is 0 Å². The van der Waals surface area contributed by atoms with Gasteiger partial charge in [-0.2, -0.15) is 0 Å². The van der Waals surface area contributed by atoms with E-state index < -0.39 is 53.9 Å². The third kappa shape index (κ3) is 8.03. The van der Waals surface area contributed by atoms with Gasteiger partial charge < -0.3 is 51.1 Å². The van der Waals surface area contributed by atoms with Crippen molar-refractivity contribution in [3.8, 4) is 17.2 Å². The average Bonchev–Trinajstić information content (AvgIpc) is 3.18. The molecule has 56 heavy (non-hydrogen) atoms. The Morgan fingerprint density at radius 1 is 1.09 bits per heavy atom. The van der Waals surface area contributed by atoms with Crippen LogP contribution in [0.1, 0.15) is 72.6 Å². The normalized spacial score (nSPS) is 17.9. The van der Waals surface area contributed by atoms with E-state index in [0.29, 0.717) is 35.5 Å². The highest BCUT2D eigenvalue weighted by Crippen LogP contribution is 2.53. The molecule has 294 valence electrons. The number of ether oxygens (including phenoxy) is 2. The van der Waals surface area contributed by atoms with Crippen molar-refractivity contribution in [2.75, 3.05) is 31.2 Å². The summed E-state index contributed by atoms with van der Waals surface area (Å²) in [5.74, 6) is -2.20. The summed E-state index contributed by atoms with van der Waals surface area (Å²) in [5.41, 5.74) is 12.9. The smallest absolute Gasteiger partial charge is 0.335 e. The fourth-order valence-electron chi connectivity index (χ4n) is 7.38. The second-order valence-electron chi connectivity index (χ2n) is 14.1. The van der Waals surface area contributed by atoms with Gasteiger partial charge in [0.05, 0.1) is 6.61 Å². The maximum Gasteiger partial charge on any atom is 0.335 e. The molecule has 0 fully saturated rings. The Kier molecular flexibility index (Phi) is 11.9. The molecule has 0 saturated heterocycles. The van der Waals surface area contributed by atoms with Crippen molar-refractivity contribution < 1.29 is 39.1 Å². The summed E-state index contributed by atoms with van der Waals surface area (Å²) in [5, 5.41) is 47.0. The molecule has 0 saturated carbocycles. The van der Waals surface area contributed by atoms with Crippen LogP contribution in [-0.2, 0) is 29.0 Å². The Morgan fingerprint density at radius 2 is 1.89 bits per heavy atom. The number of nitrogen functional groups attached to an aromatic ring is 2. The molecule has 9 N–H and O–H groups in total. The summed E-state index contributed by atoms with van der Waals surface area (Å²) >= 11 is 0. The first-order valence-corrected chi connectivity index (χ1v) is 18.4. The molecule has 4 heterocycles. The van der Waals surface area contributed by atoms with Gasteiger partial charge in [-0.05, 0) is 80.3 Å². The molecule has 0 unspecified atom stereocenters. The largest absolute Gasteiger partial charge is 0.508 e. The zero-order chi connectivity index (χ0) is 40.1. The number of aromatic hydroxyl groups is 2. The van der Waals surface area contributed by atoms with Crippen LogP contribution in [0, 0.1) is 0 Å². The zero-order valence-electron chi connectivity index (χ0n) is 31.5. The zero-order valence-corrected chi connectivity index (χ0v) is 31.5. The maximum absolute atomic E-state index is 13.9. The summed E-state index contributed by atoms with van der Waals surface area (Å²) < 4.78 is 19.6. The monoisotopic (exact) mass is 765 g/mol. The molecule has 4 atom stereocenters. The van der Waals surface area contributed by atoms with Gasteiger partial charge in [-0.3, -0.25) is 4.79 Å². The molecule has 3 aromatic heterocycles. The number of phenols is 2. The highest BCUT2D eigenvalue weighted by Gasteiger charge is 2.48. The summed E-state index contributed by atoms with van der Waals surface area (Å²) in [6, 6.07) is 14.4. The van der Waals surface area contributed by atoms with Crippen molar-refractivity contribution in [1.82, 2.24) is 15.3 Å². The van der Waals surface area contributed by atoms with E-state index in [1.54, 1.807) is 49.5 Å². The number of phenolic OH excluding ortho intramolecular Hbond substituents is 2. The number of nitrogens with two attached hydrogens (primary N) is 2. The summed E-state index contributed by atoms with van der Waals surface area (Å²) in [6.45, 7) is 5.29. The average molecular weight is 766 g/mol. The molecule has 0 bridgehead atoms. The third-order valence-electron chi connectivity index (χ3n) is 10.4. The van der Waals surface area contributed by atoms with Crippen LogP contribution in [0.4, 0.5) is 11.6 Å². The highest BCUT2D eigenvalue weighted by molar-refractivity contribution is 5.92. The first-order valence-electron chi connectivity index (χ1n) is 18.4. The van der Waals surface area contributed by atoms with Crippen LogP contribution in [0.25, 0.3) is 11.0 Å². The van der Waals surface area contributed by atoms with Gasteiger partial charge in [0, 0.05) is 60.0 Å². The summed E-state index contributed by atoms with van der Waals surface area (Å²) in [6.07, 6.45) is 4.50. The summed E-state index contributed by atoms with van der Waals surface area (Å²) in [7, 11) is 0. The number of aliphatic hydroxyl groups excluding tert-OH is 2. The van der Waals surface area contributed by atoms with E-state index in [0.717, 1.165) is 11.6 Å². The number of aliphatic hydroxyl groups is 2. The number of fused-ring (bicyclic) bond motifs is 2. The van der Waals surface area contributed by atoms with E-state index in [1.165, 1.54) is 18.3 Å². The van der Waals surface area contributed by atoms with Gasteiger partial charge in [0.2, 0.25) is 0 Å². The van der Waals surface area contributed by atoms with E-state index in [9.17, 15) is 30.0 Å². The van der Waals surface area contributed by atoms with Crippen molar-refractivity contribution in [3.63, 3.8) is 0 Å². The number of likely N-dealkylation sites (N-methyl/N-ethyl adjacent to an activating group) is 1. The molecule has 14 nitrogen and oxygen atoms in total. The Hall–Kier alpha value is -5.96. The quantitative estimate of drug-likeness (QED) is 0.0615. The number of rotatable bonds is 14. The predicted octanol–water partition coefficient (Wildman–Crippen LogP) is 4.35. The lowest BCUT2D eigenvalue weighted by Crippen LogP contribution is -2.52. The molecule has 14 heteroatoms. The van der Waals surface area contributed by atoms with Crippen LogP contribution in [0.5, 0.6) is 17.2 Å². The number of benzene rings is 2. The molecule has 0 spiro atoms. The van der Waals surface area contributed by atoms with Gasteiger partial charge in [0.15, 0.2) is 5.43 Å². The number of hydrogen-bond donors (Lipinski definition) is 7. The first kappa shape index (κ1) is 39.7. The standard InChI is InChI=1S/C42H47N5O9/c1-4-24(20-45-5-2)41(53)55-32-18-29-38(52)36-31(51)17-28(21-48)54-40(36)37(39(29)56-42(32,3)13-11-23-9-10-33(43)47-19-23)35(26-12-14-46-34(44)16-26)30(22-49)25-7-6-8-27(50)15-25/h4,6-10,12,14-17,19,30,32,35,45,48-50,52H,5,11,13,18,20-22H2,1-3H3,(H2,43,47)(H2,44,46)/b24-4-/t30-,32-,35+,42+/m1/s1. The van der Waals surface area contributed by atoms with Gasteiger partial charge >= 0.3 is 5.97 Å². The van der Waals surface area contributed by atoms with Crippen LogP contribution < -0.4 is 26.9 Å². The molecule has 0 radical (unpaired) electrons. The number of allylic oxidation sites excluding steroid dienone is 1. The lowest BCUT2D eigenvalue weighted by Gasteiger charge is -2.44. The number of aryl methyl sites for hydroxylation is 1. The van der Waals surface area contributed by atoms with E-state index in [-0.39, 0.29) is 64.6 Å². The van der Waals surface area contributed by atoms with Gasteiger partial charge in [0.1, 0.15) is 63.9 Å². The van der Waals surface area contributed by atoms with Gasteiger partial charge in [-0.1, -0.05) is 31.2 Å². The molecule has 6 rings (SSSR count). The van der Waals surface area contributed by atoms with Crippen LogP contribution in [0.15, 0.2) is 87.9 Å². The van der Waals surface area contributed by atoms with Gasteiger partial charge in [-0.15, -0.1) is 0 Å². The topological polar surface area (TPSA) is 237 Å². The fraction of sp³-hybridized carbons (Fsp3) is 0.333. The number of carbonyl (C=O) groups is 1. The van der Waals surface area contributed by atoms with Crippen molar-refractivity contribution in [2.45, 2.75) is 70.2 Å². The Labute approximate surface area is 323 Å². The number of anilines is 2. The van der Waals surface area contributed by atoms with Crippen LogP contribution in [-0.4, -0.2) is 67.8 Å². The van der Waals surface area contributed by atoms with Crippen molar-refractivity contribution in [2.24, 2.45) is 0 Å². The minimum atomic E-state index is -1.27. The predicted molar refractivity (Wildman–Crippen MR) is 210 cm³/mol. The molecule has 1 aliphatic heterocycles. The summed E-state index contributed by atoms with van der Waals surface area (Å²) in [4.78, 5) is 36.1. The number of nitrogens with one attached hydrogen (secondary N) is 1. The molecular weight excluding hydrogens is 718 g/mol. The Bertz CT molecular complexity index is 2310. The molecule has 2 aromatic carbocycles. The number of aromatic nitrogens is 2. The molecule has 1 aliphatic rings. The van der Waals surface area contributed by atoms with Gasteiger partial charge in [-0.25, -0.2) is 14.8 Å². The van der Waals surface area contributed by atoms with E-state index >= 15 is 0 Å². The number of pyridine rings is 2. The molecule has 5 aromatic rings. The minimum absolute atomic E-state index is 0.0408. The lowest BCUT2D eigenvalue weighted by molar-refractivity contribution is -0.159. The van der Waals surface area contributed by atoms with Crippen LogP contribution >= 0.6 is 0 Å². The maximum atomic E-state index is 13.9. The second kappa shape index (κ2) is 16.8. The SMILES string of the molecule is C/C=C(/CNCC)C(=O)O[C@@H]1Cc2c(c([C@@H](c3ccnc(N)c3)[C@H](CO)c3cccc(O)c3)c3oc(CO)cc(=O)c3c2O)O[C@@]1(C)CCc1ccc(N)nc1. The van der Waals surface area contributed by atoms with Crippen molar-refractivity contribution in [3.05, 3.63) is 122 Å². The lowest BCUT2D eigenvalue weighted by atomic mass is 9.74. The van der Waals surface area contributed by atoms with E-state index in [1.807, 2.05) is 19.9 Å². The molecule has 0 aliphatic carbocycles. The van der Waals surface area contributed by atoms with Crippen molar-refractivity contribution >= 4 is 28.6 Å². The third-order valence-corrected chi connectivity index (χ3v) is 10.4. The number of hydrogen-bond acceptors (Lipinski definition) is 14. The van der Waals surface area contributed by atoms with Crippen LogP contribution in [0.3, 0.4) is 0 Å². The molecule has 0 amide bonds. The first-order chi connectivity index (χ1) is 26.9. The Morgan fingerprint density at radius 3 is 2.55 bits per heavy atom. The highest BCUT2D eigenvalue weighted by atomic mass is 16.6. The fourth-order valence-corrected chi connectivity index (χ4v) is 7.38. The van der Waals surface area contributed by atoms with E-state index in [4.69, 9.17) is 25.4 Å². The van der Waals surface area contributed by atoms with Gasteiger partial charge in [0.25, 0.3) is 0 Å². The molecular formula is C42H47N5O9.